The molecule has 0 aliphatic carbocycles. The first-order chi connectivity index (χ1) is 8.19. The van der Waals surface area contributed by atoms with Gasteiger partial charge in [0, 0.05) is 13.2 Å². The Morgan fingerprint density at radius 1 is 1.41 bits per heavy atom. The number of nitrogens with one attached hydrogen (secondary N) is 1. The monoisotopic (exact) mass is 234 g/mol. The summed E-state index contributed by atoms with van der Waals surface area (Å²) < 4.78 is 5.35. The molecule has 0 atom stereocenters. The van der Waals surface area contributed by atoms with Crippen LogP contribution in [0.4, 0.5) is 0 Å². The van der Waals surface area contributed by atoms with Crippen molar-refractivity contribution in [3.63, 3.8) is 0 Å². The molecule has 4 nitrogen and oxygen atoms in total. The summed E-state index contributed by atoms with van der Waals surface area (Å²) in [7, 11) is 0. The third-order valence-electron chi connectivity index (χ3n) is 3.48. The number of amides is 1. The van der Waals surface area contributed by atoms with Crippen molar-refractivity contribution in [3.05, 3.63) is 35.4 Å². The zero-order chi connectivity index (χ0) is 12.3. The summed E-state index contributed by atoms with van der Waals surface area (Å²) in [6.07, 6.45) is 1.36. The Labute approximate surface area is 101 Å². The standard InChI is InChI=1S/C13H18N2O2/c1-10-3-2-4-11(9-10)13(12(16)15-14)5-7-17-8-6-13/h2-4,9H,5-8,14H2,1H3,(H,15,16). The smallest absolute Gasteiger partial charge is 0.244 e. The van der Waals surface area contributed by atoms with E-state index in [1.807, 2.05) is 25.1 Å². The molecule has 92 valence electrons. The largest absolute Gasteiger partial charge is 0.381 e. The highest BCUT2D eigenvalue weighted by Crippen LogP contribution is 2.35. The van der Waals surface area contributed by atoms with Crippen LogP contribution in [0.3, 0.4) is 0 Å². The molecule has 17 heavy (non-hydrogen) atoms. The molecule has 4 heteroatoms. The fraction of sp³-hybridized carbons (Fsp3) is 0.462. The molecule has 1 aromatic rings. The predicted octanol–water partition coefficient (Wildman–Crippen LogP) is 1.03. The summed E-state index contributed by atoms with van der Waals surface area (Å²) in [6.45, 7) is 3.22. The van der Waals surface area contributed by atoms with Gasteiger partial charge in [0.15, 0.2) is 0 Å². The van der Waals surface area contributed by atoms with Crippen LogP contribution in [0.2, 0.25) is 0 Å². The minimum absolute atomic E-state index is 0.119. The average molecular weight is 234 g/mol. The first-order valence-electron chi connectivity index (χ1n) is 5.85. The SMILES string of the molecule is Cc1cccc(C2(C(=O)NN)CCOCC2)c1. The summed E-state index contributed by atoms with van der Waals surface area (Å²) >= 11 is 0. The van der Waals surface area contributed by atoms with E-state index in [0.717, 1.165) is 11.1 Å². The second-order valence-electron chi connectivity index (χ2n) is 4.54. The van der Waals surface area contributed by atoms with Crippen molar-refractivity contribution in [1.82, 2.24) is 5.43 Å². The Bertz CT molecular complexity index is 412. The van der Waals surface area contributed by atoms with E-state index in [2.05, 4.69) is 11.5 Å². The molecule has 0 aromatic heterocycles. The summed E-state index contributed by atoms with van der Waals surface area (Å²) in [5.41, 5.74) is 3.95. The molecule has 3 N–H and O–H groups in total. The molecule has 0 spiro atoms. The van der Waals surface area contributed by atoms with Crippen LogP contribution in [0.5, 0.6) is 0 Å². The molecule has 0 unspecified atom stereocenters. The van der Waals surface area contributed by atoms with E-state index in [1.165, 1.54) is 0 Å². The van der Waals surface area contributed by atoms with Gasteiger partial charge in [-0.05, 0) is 25.3 Å². The van der Waals surface area contributed by atoms with Crippen molar-refractivity contribution in [2.45, 2.75) is 25.2 Å². The summed E-state index contributed by atoms with van der Waals surface area (Å²) in [6, 6.07) is 8.05. The van der Waals surface area contributed by atoms with Crippen molar-refractivity contribution < 1.29 is 9.53 Å². The van der Waals surface area contributed by atoms with Gasteiger partial charge in [-0.2, -0.15) is 0 Å². The maximum absolute atomic E-state index is 12.1. The number of carbonyl (C=O) groups excluding carboxylic acids is 1. The zero-order valence-electron chi connectivity index (χ0n) is 10.0. The van der Waals surface area contributed by atoms with Gasteiger partial charge in [-0.1, -0.05) is 29.8 Å². The van der Waals surface area contributed by atoms with Crippen LogP contribution < -0.4 is 11.3 Å². The van der Waals surface area contributed by atoms with Gasteiger partial charge in [0.25, 0.3) is 0 Å². The number of benzene rings is 1. The number of hydrogen-bond acceptors (Lipinski definition) is 3. The molecule has 0 radical (unpaired) electrons. The Morgan fingerprint density at radius 2 is 2.12 bits per heavy atom. The van der Waals surface area contributed by atoms with E-state index in [0.29, 0.717) is 26.1 Å². The number of ether oxygens (including phenoxy) is 1. The molecule has 0 saturated carbocycles. The Morgan fingerprint density at radius 3 is 2.71 bits per heavy atom. The van der Waals surface area contributed by atoms with Crippen LogP contribution in [0.25, 0.3) is 0 Å². The van der Waals surface area contributed by atoms with Crippen molar-refractivity contribution in [1.29, 1.82) is 0 Å². The topological polar surface area (TPSA) is 64.4 Å². The van der Waals surface area contributed by atoms with Gasteiger partial charge in [0.05, 0.1) is 5.41 Å². The second-order valence-corrected chi connectivity index (χ2v) is 4.54. The fourth-order valence-electron chi connectivity index (χ4n) is 2.45. The lowest BCUT2D eigenvalue weighted by molar-refractivity contribution is -0.130. The minimum atomic E-state index is -0.529. The third-order valence-corrected chi connectivity index (χ3v) is 3.48. The van der Waals surface area contributed by atoms with E-state index < -0.39 is 5.41 Å². The highest BCUT2D eigenvalue weighted by Gasteiger charge is 2.41. The molecule has 1 aliphatic heterocycles. The predicted molar refractivity (Wildman–Crippen MR) is 65.2 cm³/mol. The lowest BCUT2D eigenvalue weighted by atomic mass is 9.73. The van der Waals surface area contributed by atoms with Crippen LogP contribution in [0.1, 0.15) is 24.0 Å². The van der Waals surface area contributed by atoms with Gasteiger partial charge >= 0.3 is 0 Å². The van der Waals surface area contributed by atoms with Crippen molar-refractivity contribution in [3.8, 4) is 0 Å². The van der Waals surface area contributed by atoms with Crippen LogP contribution in [0.15, 0.2) is 24.3 Å². The first kappa shape index (κ1) is 12.1. The fourth-order valence-corrected chi connectivity index (χ4v) is 2.45. The molecule has 1 aromatic carbocycles. The second kappa shape index (κ2) is 4.85. The van der Waals surface area contributed by atoms with E-state index in [1.54, 1.807) is 0 Å². The molecule has 0 bridgehead atoms. The van der Waals surface area contributed by atoms with Gasteiger partial charge < -0.3 is 4.74 Å². The molecule has 1 heterocycles. The van der Waals surface area contributed by atoms with Crippen LogP contribution in [-0.2, 0) is 14.9 Å². The normalized spacial score (nSPS) is 18.7. The third kappa shape index (κ3) is 2.18. The first-order valence-corrected chi connectivity index (χ1v) is 5.85. The minimum Gasteiger partial charge on any atom is -0.381 e. The van der Waals surface area contributed by atoms with Crippen molar-refractivity contribution in [2.24, 2.45) is 5.84 Å². The van der Waals surface area contributed by atoms with E-state index >= 15 is 0 Å². The zero-order valence-corrected chi connectivity index (χ0v) is 10.0. The Kier molecular flexibility index (Phi) is 3.45. The number of rotatable bonds is 2. The van der Waals surface area contributed by atoms with Crippen molar-refractivity contribution >= 4 is 5.91 Å². The quantitative estimate of drug-likeness (QED) is 0.456. The van der Waals surface area contributed by atoms with E-state index in [-0.39, 0.29) is 5.91 Å². The summed E-state index contributed by atoms with van der Waals surface area (Å²) in [5, 5.41) is 0. The van der Waals surface area contributed by atoms with Crippen LogP contribution >= 0.6 is 0 Å². The van der Waals surface area contributed by atoms with Gasteiger partial charge in [0.1, 0.15) is 0 Å². The number of nitrogens with two attached hydrogens (primary N) is 1. The lowest BCUT2D eigenvalue weighted by Gasteiger charge is -2.35. The van der Waals surface area contributed by atoms with Gasteiger partial charge in [0.2, 0.25) is 5.91 Å². The molecule has 1 aliphatic rings. The van der Waals surface area contributed by atoms with E-state index in [4.69, 9.17) is 10.6 Å². The average Bonchev–Trinajstić information content (AvgIpc) is 2.38. The van der Waals surface area contributed by atoms with E-state index in [9.17, 15) is 4.79 Å². The number of carbonyl (C=O) groups is 1. The number of hydrogen-bond donors (Lipinski definition) is 2. The Balaban J connectivity index is 2.42. The van der Waals surface area contributed by atoms with Crippen molar-refractivity contribution in [2.75, 3.05) is 13.2 Å². The number of aryl methyl sites for hydroxylation is 1. The molecule has 2 rings (SSSR count). The molecular formula is C13H18N2O2. The maximum atomic E-state index is 12.1. The van der Waals surface area contributed by atoms with Gasteiger partial charge in [-0.25, -0.2) is 5.84 Å². The van der Waals surface area contributed by atoms with Crippen LogP contribution in [-0.4, -0.2) is 19.1 Å². The number of hydrazine groups is 1. The molecule has 1 fully saturated rings. The van der Waals surface area contributed by atoms with Gasteiger partial charge in [-0.15, -0.1) is 0 Å². The summed E-state index contributed by atoms with van der Waals surface area (Å²) in [5.74, 6) is 5.20. The van der Waals surface area contributed by atoms with Crippen LogP contribution in [0, 0.1) is 6.92 Å². The molecule has 1 saturated heterocycles. The maximum Gasteiger partial charge on any atom is 0.244 e. The summed E-state index contributed by atoms with van der Waals surface area (Å²) in [4.78, 5) is 12.1. The highest BCUT2D eigenvalue weighted by molar-refractivity contribution is 5.88. The molecular weight excluding hydrogens is 216 g/mol. The highest BCUT2D eigenvalue weighted by atomic mass is 16.5. The molecule has 1 amide bonds. The van der Waals surface area contributed by atoms with Gasteiger partial charge in [-0.3, -0.25) is 10.2 Å². The Hall–Kier alpha value is -1.39. The lowest BCUT2D eigenvalue weighted by Crippen LogP contribution is -2.50.